The van der Waals surface area contributed by atoms with E-state index in [0.717, 1.165) is 13.0 Å². The van der Waals surface area contributed by atoms with E-state index < -0.39 is 9.53 Å². The Bertz CT molecular complexity index is 235. The minimum atomic E-state index is -1.79. The normalized spacial score (nSPS) is 11.5. The van der Waals surface area contributed by atoms with Crippen LogP contribution in [-0.2, 0) is 13.3 Å². The van der Waals surface area contributed by atoms with E-state index in [0.29, 0.717) is 0 Å². The zero-order valence-corrected chi connectivity index (χ0v) is 18.7. The molecule has 3 nitrogen and oxygen atoms in total. The van der Waals surface area contributed by atoms with Crippen LogP contribution < -0.4 is 0 Å². The van der Waals surface area contributed by atoms with Crippen LogP contribution >= 0.6 is 0 Å². The number of hydrogen-bond acceptors (Lipinski definition) is 3. The van der Waals surface area contributed by atoms with E-state index in [1.807, 2.05) is 0 Å². The average molecular weight is 375 g/mol. The van der Waals surface area contributed by atoms with Crippen molar-refractivity contribution >= 4 is 9.53 Å². The first-order valence-corrected chi connectivity index (χ1v) is 12.4. The maximum atomic E-state index is 5.56. The lowest BCUT2D eigenvalue weighted by Crippen LogP contribution is -2.24. The Morgan fingerprint density at radius 1 is 0.480 bits per heavy atom. The van der Waals surface area contributed by atoms with Crippen molar-refractivity contribution < 1.29 is 13.3 Å². The van der Waals surface area contributed by atoms with Gasteiger partial charge in [-0.05, 0) is 6.42 Å². The molecular weight excluding hydrogens is 328 g/mol. The molecule has 0 aliphatic heterocycles. The van der Waals surface area contributed by atoms with Crippen molar-refractivity contribution in [3.8, 4) is 0 Å². The molecular formula is C21H46O3Si. The van der Waals surface area contributed by atoms with Gasteiger partial charge in [-0.3, -0.25) is 0 Å². The Kier molecular flexibility index (Phi) is 22.2. The van der Waals surface area contributed by atoms with Gasteiger partial charge in [0.25, 0.3) is 0 Å². The molecule has 0 saturated heterocycles. The zero-order chi connectivity index (χ0) is 18.4. The minimum absolute atomic E-state index is 0.789. The van der Waals surface area contributed by atoms with E-state index in [1.54, 1.807) is 14.2 Å². The Morgan fingerprint density at radius 3 is 1.12 bits per heavy atom. The fraction of sp³-hybridized carbons (Fsp3) is 1.00. The summed E-state index contributed by atoms with van der Waals surface area (Å²) in [5, 5.41) is 0. The third-order valence-electron chi connectivity index (χ3n) is 4.89. The summed E-state index contributed by atoms with van der Waals surface area (Å²) in [5.74, 6) is 0. The standard InChI is InChI=1S/C21H46O3Si/c1-4-5-6-7-8-9-10-11-12-13-14-15-16-17-18-19-20-21-24-25(22-2)23-3/h25H,4-21H2,1-3H3. The SMILES string of the molecule is CCCCCCCCCCCCCCCCCCCO[SiH](OC)OC. The van der Waals surface area contributed by atoms with Gasteiger partial charge in [0.1, 0.15) is 0 Å². The Balaban J connectivity index is 3.03. The van der Waals surface area contributed by atoms with Crippen molar-refractivity contribution in [3.05, 3.63) is 0 Å². The zero-order valence-electron chi connectivity index (χ0n) is 17.5. The quantitative estimate of drug-likeness (QED) is 0.166. The van der Waals surface area contributed by atoms with E-state index in [2.05, 4.69) is 6.92 Å². The largest absolute Gasteiger partial charge is 0.483 e. The summed E-state index contributed by atoms with van der Waals surface area (Å²) < 4.78 is 15.8. The Hall–Kier alpha value is 0.0969. The van der Waals surface area contributed by atoms with Gasteiger partial charge in [0.15, 0.2) is 0 Å². The first-order chi connectivity index (χ1) is 12.3. The summed E-state index contributed by atoms with van der Waals surface area (Å²) in [5.41, 5.74) is 0. The first kappa shape index (κ1) is 25.1. The Labute approximate surface area is 160 Å². The summed E-state index contributed by atoms with van der Waals surface area (Å²) >= 11 is 0. The second-order valence-electron chi connectivity index (χ2n) is 7.29. The molecule has 0 N–H and O–H groups in total. The molecule has 25 heavy (non-hydrogen) atoms. The number of hydrogen-bond donors (Lipinski definition) is 0. The van der Waals surface area contributed by atoms with Gasteiger partial charge in [-0.25, -0.2) is 0 Å². The van der Waals surface area contributed by atoms with Crippen LogP contribution in [0.3, 0.4) is 0 Å². The lowest BCUT2D eigenvalue weighted by molar-refractivity contribution is 0.133. The van der Waals surface area contributed by atoms with Crippen LogP contribution in [0.5, 0.6) is 0 Å². The van der Waals surface area contributed by atoms with Crippen molar-refractivity contribution in [2.75, 3.05) is 20.8 Å². The molecule has 0 heterocycles. The molecule has 0 fully saturated rings. The van der Waals surface area contributed by atoms with Crippen LogP contribution in [0, 0.1) is 0 Å². The van der Waals surface area contributed by atoms with Gasteiger partial charge < -0.3 is 13.3 Å². The third kappa shape index (κ3) is 20.3. The lowest BCUT2D eigenvalue weighted by atomic mass is 10.0. The molecule has 0 unspecified atom stereocenters. The molecule has 0 bridgehead atoms. The molecule has 0 radical (unpaired) electrons. The van der Waals surface area contributed by atoms with Gasteiger partial charge in [-0.2, -0.15) is 0 Å². The highest BCUT2D eigenvalue weighted by Gasteiger charge is 2.09. The van der Waals surface area contributed by atoms with E-state index in [1.165, 1.54) is 103 Å². The molecule has 0 spiro atoms. The van der Waals surface area contributed by atoms with E-state index in [4.69, 9.17) is 13.3 Å². The van der Waals surface area contributed by atoms with Crippen molar-refractivity contribution in [2.45, 2.75) is 116 Å². The monoisotopic (exact) mass is 374 g/mol. The molecule has 0 saturated carbocycles. The van der Waals surface area contributed by atoms with Crippen LogP contribution in [0.4, 0.5) is 0 Å². The molecule has 152 valence electrons. The van der Waals surface area contributed by atoms with Crippen molar-refractivity contribution in [3.63, 3.8) is 0 Å². The summed E-state index contributed by atoms with van der Waals surface area (Å²) in [6.45, 7) is 3.08. The first-order valence-electron chi connectivity index (χ1n) is 11.0. The maximum Gasteiger partial charge on any atom is 0.483 e. The number of unbranched alkanes of at least 4 members (excludes halogenated alkanes) is 16. The van der Waals surface area contributed by atoms with Crippen LogP contribution in [0.25, 0.3) is 0 Å². The van der Waals surface area contributed by atoms with Gasteiger partial charge in [0.2, 0.25) is 0 Å². The van der Waals surface area contributed by atoms with Gasteiger partial charge >= 0.3 is 9.53 Å². The fourth-order valence-electron chi connectivity index (χ4n) is 3.24. The van der Waals surface area contributed by atoms with Gasteiger partial charge in [-0.15, -0.1) is 0 Å². The topological polar surface area (TPSA) is 27.7 Å². The summed E-state index contributed by atoms with van der Waals surface area (Å²) in [6, 6.07) is 0. The van der Waals surface area contributed by atoms with Crippen molar-refractivity contribution in [2.24, 2.45) is 0 Å². The lowest BCUT2D eigenvalue weighted by Gasteiger charge is -2.11. The predicted molar refractivity (Wildman–Crippen MR) is 111 cm³/mol. The molecule has 4 heteroatoms. The maximum absolute atomic E-state index is 5.56. The molecule has 0 aromatic rings. The number of rotatable bonds is 21. The summed E-state index contributed by atoms with van der Waals surface area (Å²) in [6.07, 6.45) is 23.9. The van der Waals surface area contributed by atoms with Crippen LogP contribution in [0.2, 0.25) is 0 Å². The highest BCUT2D eigenvalue weighted by molar-refractivity contribution is 6.36. The third-order valence-corrected chi connectivity index (χ3v) is 6.16. The molecule has 0 atom stereocenters. The Morgan fingerprint density at radius 2 is 0.800 bits per heavy atom. The van der Waals surface area contributed by atoms with E-state index in [9.17, 15) is 0 Å². The molecule has 0 aromatic heterocycles. The van der Waals surface area contributed by atoms with Gasteiger partial charge in [-0.1, -0.05) is 110 Å². The molecule has 0 aliphatic rings. The van der Waals surface area contributed by atoms with Crippen LogP contribution in [0.15, 0.2) is 0 Å². The molecule has 0 amide bonds. The average Bonchev–Trinajstić information content (AvgIpc) is 2.64. The predicted octanol–water partition coefficient (Wildman–Crippen LogP) is 6.66. The van der Waals surface area contributed by atoms with Gasteiger partial charge in [0.05, 0.1) is 0 Å². The minimum Gasteiger partial charge on any atom is -0.379 e. The molecule has 0 aromatic carbocycles. The van der Waals surface area contributed by atoms with E-state index >= 15 is 0 Å². The second-order valence-corrected chi connectivity index (χ2v) is 9.14. The highest BCUT2D eigenvalue weighted by atomic mass is 28.3. The van der Waals surface area contributed by atoms with Crippen molar-refractivity contribution in [1.82, 2.24) is 0 Å². The molecule has 0 aliphatic carbocycles. The second kappa shape index (κ2) is 22.1. The van der Waals surface area contributed by atoms with Crippen LogP contribution in [0.1, 0.15) is 116 Å². The smallest absolute Gasteiger partial charge is 0.379 e. The highest BCUT2D eigenvalue weighted by Crippen LogP contribution is 2.14. The summed E-state index contributed by atoms with van der Waals surface area (Å²) in [7, 11) is 1.54. The van der Waals surface area contributed by atoms with Crippen LogP contribution in [-0.4, -0.2) is 30.4 Å². The van der Waals surface area contributed by atoms with Crippen molar-refractivity contribution in [1.29, 1.82) is 0 Å². The summed E-state index contributed by atoms with van der Waals surface area (Å²) in [4.78, 5) is 0. The van der Waals surface area contributed by atoms with E-state index in [-0.39, 0.29) is 0 Å². The molecule has 0 rings (SSSR count). The fourth-order valence-corrected chi connectivity index (χ4v) is 4.06. The van der Waals surface area contributed by atoms with Gasteiger partial charge in [0, 0.05) is 20.8 Å².